The van der Waals surface area contributed by atoms with Gasteiger partial charge in [-0.3, -0.25) is 0 Å². The molecule has 0 aromatic heterocycles. The van der Waals surface area contributed by atoms with Crippen LogP contribution in [0.4, 0.5) is 0 Å². The molecule has 2 nitrogen and oxygen atoms in total. The topological polar surface area (TPSA) is 21.3 Å². The minimum atomic E-state index is 0.516. The minimum Gasteiger partial charge on any atom is -0.378 e. The fourth-order valence-electron chi connectivity index (χ4n) is 3.07. The first-order chi connectivity index (χ1) is 9.71. The van der Waals surface area contributed by atoms with Gasteiger partial charge in [-0.05, 0) is 62.8 Å². The van der Waals surface area contributed by atoms with Crippen molar-refractivity contribution in [3.63, 3.8) is 0 Å². The lowest BCUT2D eigenvalue weighted by Crippen LogP contribution is -2.39. The molecule has 1 aliphatic carbocycles. The van der Waals surface area contributed by atoms with Crippen molar-refractivity contribution in [2.75, 3.05) is 13.2 Å². The molecular formula is C17H26ClNO. The van der Waals surface area contributed by atoms with Crippen molar-refractivity contribution >= 4 is 11.6 Å². The van der Waals surface area contributed by atoms with Gasteiger partial charge in [-0.15, -0.1) is 0 Å². The number of rotatable bonds is 8. The Morgan fingerprint density at radius 2 is 1.95 bits per heavy atom. The van der Waals surface area contributed by atoms with E-state index in [-0.39, 0.29) is 0 Å². The molecule has 2 rings (SSSR count). The molecule has 1 unspecified atom stereocenters. The van der Waals surface area contributed by atoms with Crippen molar-refractivity contribution in [2.24, 2.45) is 5.92 Å². The minimum absolute atomic E-state index is 0.516. The highest BCUT2D eigenvalue weighted by molar-refractivity contribution is 6.30. The Hall–Kier alpha value is -0.570. The third-order valence-corrected chi connectivity index (χ3v) is 4.35. The summed E-state index contributed by atoms with van der Waals surface area (Å²) in [4.78, 5) is 0. The molecule has 0 bridgehead atoms. The zero-order valence-electron chi connectivity index (χ0n) is 12.6. The van der Waals surface area contributed by atoms with E-state index in [1.54, 1.807) is 0 Å². The maximum Gasteiger partial charge on any atom is 0.0580 e. The summed E-state index contributed by atoms with van der Waals surface area (Å²) < 4.78 is 5.65. The molecule has 20 heavy (non-hydrogen) atoms. The predicted molar refractivity (Wildman–Crippen MR) is 85.4 cm³/mol. The van der Waals surface area contributed by atoms with Crippen LogP contribution < -0.4 is 5.32 Å². The normalized spacial score (nSPS) is 23.4. The number of halogens is 1. The summed E-state index contributed by atoms with van der Waals surface area (Å²) in [7, 11) is 0. The average molecular weight is 296 g/mol. The molecule has 112 valence electrons. The van der Waals surface area contributed by atoms with E-state index in [0.29, 0.717) is 12.1 Å². The molecule has 0 amide bonds. The number of benzene rings is 1. The third-order valence-electron chi connectivity index (χ3n) is 4.10. The van der Waals surface area contributed by atoms with E-state index in [1.165, 1.54) is 24.8 Å². The maximum atomic E-state index is 5.94. The molecule has 1 N–H and O–H groups in total. The largest absolute Gasteiger partial charge is 0.378 e. The lowest BCUT2D eigenvalue weighted by Gasteiger charge is -2.37. The van der Waals surface area contributed by atoms with E-state index in [9.17, 15) is 0 Å². The van der Waals surface area contributed by atoms with Gasteiger partial charge in [-0.25, -0.2) is 0 Å². The van der Waals surface area contributed by atoms with Crippen molar-refractivity contribution in [3.8, 4) is 0 Å². The van der Waals surface area contributed by atoms with Crippen LogP contribution in [0.3, 0.4) is 0 Å². The van der Waals surface area contributed by atoms with Gasteiger partial charge in [0.2, 0.25) is 0 Å². The second-order valence-electron chi connectivity index (χ2n) is 5.74. The Labute approximate surface area is 127 Å². The van der Waals surface area contributed by atoms with E-state index in [2.05, 4.69) is 31.3 Å². The first kappa shape index (κ1) is 15.8. The van der Waals surface area contributed by atoms with Gasteiger partial charge in [-0.1, -0.05) is 30.7 Å². The smallest absolute Gasteiger partial charge is 0.0580 e. The number of hydrogen-bond donors (Lipinski definition) is 1. The van der Waals surface area contributed by atoms with E-state index < -0.39 is 0 Å². The number of ether oxygens (including phenoxy) is 1. The Kier molecular flexibility index (Phi) is 6.34. The van der Waals surface area contributed by atoms with E-state index >= 15 is 0 Å². The van der Waals surface area contributed by atoms with Crippen LogP contribution in [0, 0.1) is 5.92 Å². The molecule has 0 spiro atoms. The van der Waals surface area contributed by atoms with Crippen LogP contribution >= 0.6 is 11.6 Å². The van der Waals surface area contributed by atoms with Gasteiger partial charge < -0.3 is 10.1 Å². The van der Waals surface area contributed by atoms with Crippen LogP contribution in [0.5, 0.6) is 0 Å². The second kappa shape index (κ2) is 8.02. The van der Waals surface area contributed by atoms with Gasteiger partial charge in [0, 0.05) is 17.7 Å². The molecule has 1 saturated carbocycles. The van der Waals surface area contributed by atoms with E-state index in [4.69, 9.17) is 16.3 Å². The van der Waals surface area contributed by atoms with Crippen LogP contribution in [-0.2, 0) is 11.2 Å². The Morgan fingerprint density at radius 1 is 1.25 bits per heavy atom. The van der Waals surface area contributed by atoms with E-state index in [1.807, 2.05) is 12.1 Å². The Balaban J connectivity index is 1.80. The Bertz CT molecular complexity index is 386. The summed E-state index contributed by atoms with van der Waals surface area (Å²) >= 11 is 5.94. The first-order valence-electron chi connectivity index (χ1n) is 7.80. The summed E-state index contributed by atoms with van der Waals surface area (Å²) in [5.74, 6) is 0.822. The van der Waals surface area contributed by atoms with Gasteiger partial charge in [0.25, 0.3) is 0 Å². The van der Waals surface area contributed by atoms with Crippen LogP contribution in [-0.4, -0.2) is 25.3 Å². The molecule has 1 fully saturated rings. The van der Waals surface area contributed by atoms with Crippen LogP contribution in [0.1, 0.15) is 38.7 Å². The fraction of sp³-hybridized carbons (Fsp3) is 0.647. The monoisotopic (exact) mass is 295 g/mol. The van der Waals surface area contributed by atoms with E-state index in [0.717, 1.165) is 30.5 Å². The van der Waals surface area contributed by atoms with Crippen molar-refractivity contribution in [3.05, 3.63) is 34.9 Å². The SMILES string of the molecule is CCNC(Cc1ccc(Cl)cc1)CC1CC(OCC)C1. The maximum absolute atomic E-state index is 5.94. The fourth-order valence-corrected chi connectivity index (χ4v) is 3.20. The average Bonchev–Trinajstić information content (AvgIpc) is 2.39. The van der Waals surface area contributed by atoms with Crippen molar-refractivity contribution < 1.29 is 4.74 Å². The second-order valence-corrected chi connectivity index (χ2v) is 6.17. The highest BCUT2D eigenvalue weighted by Gasteiger charge is 2.31. The summed E-state index contributed by atoms with van der Waals surface area (Å²) in [6, 6.07) is 8.80. The lowest BCUT2D eigenvalue weighted by atomic mass is 9.77. The zero-order valence-corrected chi connectivity index (χ0v) is 13.3. The Morgan fingerprint density at radius 3 is 2.55 bits per heavy atom. The number of nitrogens with one attached hydrogen (secondary N) is 1. The molecule has 0 heterocycles. The molecule has 1 aromatic rings. The summed E-state index contributed by atoms with van der Waals surface area (Å²) in [5.41, 5.74) is 1.36. The van der Waals surface area contributed by atoms with Crippen LogP contribution in [0.15, 0.2) is 24.3 Å². The standard InChI is InChI=1S/C17H26ClNO/c1-3-19-16(9-13-5-7-15(18)8-6-13)10-14-11-17(12-14)20-4-2/h5-8,14,16-17,19H,3-4,9-12H2,1-2H3. The van der Waals surface area contributed by atoms with Crippen molar-refractivity contribution in [1.29, 1.82) is 0 Å². The number of likely N-dealkylation sites (N-methyl/N-ethyl adjacent to an activating group) is 1. The van der Waals surface area contributed by atoms with Gasteiger partial charge in [0.1, 0.15) is 0 Å². The number of hydrogen-bond acceptors (Lipinski definition) is 2. The van der Waals surface area contributed by atoms with Gasteiger partial charge >= 0.3 is 0 Å². The van der Waals surface area contributed by atoms with Crippen molar-refractivity contribution in [1.82, 2.24) is 5.32 Å². The summed E-state index contributed by atoms with van der Waals surface area (Å²) in [5, 5.41) is 4.43. The van der Waals surface area contributed by atoms with Crippen LogP contribution in [0.2, 0.25) is 5.02 Å². The van der Waals surface area contributed by atoms with Gasteiger partial charge in [-0.2, -0.15) is 0 Å². The molecule has 0 aliphatic heterocycles. The molecule has 3 heteroatoms. The summed E-state index contributed by atoms with van der Waals surface area (Å²) in [6.07, 6.45) is 5.32. The molecule has 1 aromatic carbocycles. The quantitative estimate of drug-likeness (QED) is 0.781. The molecule has 1 aliphatic rings. The lowest BCUT2D eigenvalue weighted by molar-refractivity contribution is -0.0289. The third kappa shape index (κ3) is 4.76. The van der Waals surface area contributed by atoms with Gasteiger partial charge in [0.05, 0.1) is 6.10 Å². The molecule has 0 saturated heterocycles. The summed E-state index contributed by atoms with van der Waals surface area (Å²) in [6.45, 7) is 6.13. The highest BCUT2D eigenvalue weighted by atomic mass is 35.5. The van der Waals surface area contributed by atoms with Crippen molar-refractivity contribution in [2.45, 2.75) is 51.7 Å². The first-order valence-corrected chi connectivity index (χ1v) is 8.18. The highest BCUT2D eigenvalue weighted by Crippen LogP contribution is 2.34. The van der Waals surface area contributed by atoms with Gasteiger partial charge in [0.15, 0.2) is 0 Å². The molecule has 0 radical (unpaired) electrons. The van der Waals surface area contributed by atoms with Crippen LogP contribution in [0.25, 0.3) is 0 Å². The molecule has 1 atom stereocenters. The molecular weight excluding hydrogens is 270 g/mol. The predicted octanol–water partition coefficient (Wildman–Crippen LogP) is 4.07. The zero-order chi connectivity index (χ0) is 14.4.